The third kappa shape index (κ3) is 4.35. The lowest BCUT2D eigenvalue weighted by Gasteiger charge is -2.09. The molecule has 20 heavy (non-hydrogen) atoms. The van der Waals surface area contributed by atoms with Crippen molar-refractivity contribution in [2.24, 2.45) is 0 Å². The molecule has 0 spiro atoms. The molecule has 1 nitrogen and oxygen atoms in total. The first-order chi connectivity index (χ1) is 9.45. The number of benzene rings is 2. The van der Waals surface area contributed by atoms with E-state index in [1.165, 1.54) is 12.1 Å². The smallest absolute Gasteiger partial charge is 0.309 e. The van der Waals surface area contributed by atoms with E-state index >= 15 is 0 Å². The van der Waals surface area contributed by atoms with Gasteiger partial charge in [0.2, 0.25) is 0 Å². The second-order valence-corrected chi connectivity index (χ2v) is 5.35. The van der Waals surface area contributed by atoms with Crippen molar-refractivity contribution in [1.82, 2.24) is 5.32 Å². The van der Waals surface area contributed by atoms with Gasteiger partial charge in [0, 0.05) is 17.6 Å². The van der Waals surface area contributed by atoms with Crippen molar-refractivity contribution in [3.63, 3.8) is 0 Å². The van der Waals surface area contributed by atoms with Crippen LogP contribution in [0.2, 0.25) is 0 Å². The van der Waals surface area contributed by atoms with Crippen LogP contribution in [-0.2, 0) is 19.3 Å². The molecule has 0 bridgehead atoms. The number of rotatable bonds is 4. The summed E-state index contributed by atoms with van der Waals surface area (Å²) in [6, 6.07) is 13.2. The lowest BCUT2D eigenvalue weighted by molar-refractivity contribution is -0.137. The number of halogens is 4. The van der Waals surface area contributed by atoms with E-state index in [1.54, 1.807) is 6.07 Å². The van der Waals surface area contributed by atoms with Gasteiger partial charge in [-0.15, -0.1) is 0 Å². The highest BCUT2D eigenvalue weighted by Gasteiger charge is 2.30. The Bertz CT molecular complexity index is 581. The monoisotopic (exact) mass is 343 g/mol. The summed E-state index contributed by atoms with van der Waals surface area (Å²) >= 11 is 3.38. The van der Waals surface area contributed by atoms with Crippen molar-refractivity contribution in [1.29, 1.82) is 0 Å². The van der Waals surface area contributed by atoms with Crippen LogP contribution in [0.3, 0.4) is 0 Å². The molecule has 0 amide bonds. The summed E-state index contributed by atoms with van der Waals surface area (Å²) in [5, 5.41) is 3.14. The highest BCUT2D eigenvalue weighted by Crippen LogP contribution is 2.29. The van der Waals surface area contributed by atoms with E-state index in [0.29, 0.717) is 18.7 Å². The Morgan fingerprint density at radius 2 is 1.50 bits per heavy atom. The van der Waals surface area contributed by atoms with E-state index in [9.17, 15) is 13.2 Å². The standard InChI is InChI=1S/C15H13BrF3N/c16-14-6-2-4-12(8-14)10-20-9-11-3-1-5-13(7-11)15(17,18)19/h1-8,20H,9-10H2. The van der Waals surface area contributed by atoms with Gasteiger partial charge in [0.15, 0.2) is 0 Å². The van der Waals surface area contributed by atoms with E-state index in [2.05, 4.69) is 21.2 Å². The Hall–Kier alpha value is -1.33. The summed E-state index contributed by atoms with van der Waals surface area (Å²) in [6.45, 7) is 1.01. The van der Waals surface area contributed by atoms with Gasteiger partial charge in [-0.25, -0.2) is 0 Å². The lowest BCUT2D eigenvalue weighted by Crippen LogP contribution is -2.13. The summed E-state index contributed by atoms with van der Waals surface area (Å²) in [5.74, 6) is 0. The Labute approximate surface area is 123 Å². The SMILES string of the molecule is FC(F)(F)c1cccc(CNCc2cccc(Br)c2)c1. The molecule has 0 radical (unpaired) electrons. The third-order valence-electron chi connectivity index (χ3n) is 2.80. The minimum absolute atomic E-state index is 0.399. The molecule has 0 aliphatic rings. The van der Waals surface area contributed by atoms with E-state index < -0.39 is 11.7 Å². The second-order valence-electron chi connectivity index (χ2n) is 4.43. The fourth-order valence-electron chi connectivity index (χ4n) is 1.86. The van der Waals surface area contributed by atoms with Crippen LogP contribution in [0.15, 0.2) is 53.0 Å². The number of hydrogen-bond donors (Lipinski definition) is 1. The van der Waals surface area contributed by atoms with Gasteiger partial charge in [-0.1, -0.05) is 46.3 Å². The molecule has 2 rings (SSSR count). The van der Waals surface area contributed by atoms with Gasteiger partial charge in [0.05, 0.1) is 5.56 Å². The van der Waals surface area contributed by atoms with Crippen molar-refractivity contribution in [2.75, 3.05) is 0 Å². The molecule has 0 saturated carbocycles. The normalized spacial score (nSPS) is 11.6. The Balaban J connectivity index is 1.94. The maximum atomic E-state index is 12.6. The summed E-state index contributed by atoms with van der Waals surface area (Å²) in [5.41, 5.74) is 1.08. The van der Waals surface area contributed by atoms with E-state index in [4.69, 9.17) is 0 Å². The predicted octanol–water partition coefficient (Wildman–Crippen LogP) is 4.76. The topological polar surface area (TPSA) is 12.0 Å². The largest absolute Gasteiger partial charge is 0.416 e. The molecule has 0 aromatic heterocycles. The average Bonchev–Trinajstić information content (AvgIpc) is 2.38. The molecule has 0 aliphatic heterocycles. The first kappa shape index (κ1) is 15.1. The zero-order valence-electron chi connectivity index (χ0n) is 10.5. The fraction of sp³-hybridized carbons (Fsp3) is 0.200. The molecular weight excluding hydrogens is 331 g/mol. The van der Waals surface area contributed by atoms with E-state index in [-0.39, 0.29) is 0 Å². The van der Waals surface area contributed by atoms with Crippen LogP contribution in [0.25, 0.3) is 0 Å². The van der Waals surface area contributed by atoms with Crippen LogP contribution < -0.4 is 5.32 Å². The van der Waals surface area contributed by atoms with Crippen LogP contribution >= 0.6 is 15.9 Å². The molecule has 0 saturated heterocycles. The first-order valence-corrected chi connectivity index (χ1v) is 6.86. The molecule has 0 atom stereocenters. The van der Waals surface area contributed by atoms with Crippen LogP contribution in [0.1, 0.15) is 16.7 Å². The average molecular weight is 344 g/mol. The quantitative estimate of drug-likeness (QED) is 0.843. The highest BCUT2D eigenvalue weighted by atomic mass is 79.9. The molecule has 0 aliphatic carbocycles. The van der Waals surface area contributed by atoms with Crippen LogP contribution in [0.4, 0.5) is 13.2 Å². The number of alkyl halides is 3. The molecule has 0 heterocycles. The molecule has 2 aromatic carbocycles. The summed E-state index contributed by atoms with van der Waals surface area (Å²) in [6.07, 6.45) is -4.29. The minimum Gasteiger partial charge on any atom is -0.309 e. The van der Waals surface area contributed by atoms with Crippen molar-refractivity contribution < 1.29 is 13.2 Å². The fourth-order valence-corrected chi connectivity index (χ4v) is 2.30. The Morgan fingerprint density at radius 3 is 2.10 bits per heavy atom. The number of nitrogens with one attached hydrogen (secondary N) is 1. The lowest BCUT2D eigenvalue weighted by atomic mass is 10.1. The minimum atomic E-state index is -4.29. The number of hydrogen-bond acceptors (Lipinski definition) is 1. The van der Waals surface area contributed by atoms with Crippen LogP contribution in [0.5, 0.6) is 0 Å². The maximum absolute atomic E-state index is 12.6. The van der Waals surface area contributed by atoms with Gasteiger partial charge >= 0.3 is 6.18 Å². The summed E-state index contributed by atoms with van der Waals surface area (Å²) in [7, 11) is 0. The zero-order chi connectivity index (χ0) is 14.6. The van der Waals surface area contributed by atoms with Gasteiger partial charge in [-0.05, 0) is 29.3 Å². The van der Waals surface area contributed by atoms with Crippen LogP contribution in [0, 0.1) is 0 Å². The molecule has 0 fully saturated rings. The maximum Gasteiger partial charge on any atom is 0.416 e. The molecule has 1 N–H and O–H groups in total. The highest BCUT2D eigenvalue weighted by molar-refractivity contribution is 9.10. The summed E-state index contributed by atoms with van der Waals surface area (Å²) in [4.78, 5) is 0. The molecule has 5 heteroatoms. The molecule has 2 aromatic rings. The zero-order valence-corrected chi connectivity index (χ0v) is 12.1. The third-order valence-corrected chi connectivity index (χ3v) is 3.29. The van der Waals surface area contributed by atoms with Crippen LogP contribution in [-0.4, -0.2) is 0 Å². The molecule has 0 unspecified atom stereocenters. The van der Waals surface area contributed by atoms with E-state index in [0.717, 1.165) is 16.1 Å². The Kier molecular flexibility index (Phi) is 4.83. The van der Waals surface area contributed by atoms with E-state index in [1.807, 2.05) is 24.3 Å². The van der Waals surface area contributed by atoms with Crippen molar-refractivity contribution >= 4 is 15.9 Å². The van der Waals surface area contributed by atoms with Gasteiger partial charge in [-0.2, -0.15) is 13.2 Å². The first-order valence-electron chi connectivity index (χ1n) is 6.06. The second kappa shape index (κ2) is 6.41. The van der Waals surface area contributed by atoms with Gasteiger partial charge in [0.1, 0.15) is 0 Å². The predicted molar refractivity (Wildman–Crippen MR) is 76.1 cm³/mol. The Morgan fingerprint density at radius 1 is 0.900 bits per heavy atom. The molecular formula is C15H13BrF3N. The van der Waals surface area contributed by atoms with Gasteiger partial charge < -0.3 is 5.32 Å². The van der Waals surface area contributed by atoms with Crippen molar-refractivity contribution in [3.05, 3.63) is 69.7 Å². The van der Waals surface area contributed by atoms with Gasteiger partial charge in [-0.3, -0.25) is 0 Å². The molecule has 106 valence electrons. The van der Waals surface area contributed by atoms with Gasteiger partial charge in [0.25, 0.3) is 0 Å². The summed E-state index contributed by atoms with van der Waals surface area (Å²) < 4.78 is 38.7. The van der Waals surface area contributed by atoms with Crippen molar-refractivity contribution in [2.45, 2.75) is 19.3 Å². The van der Waals surface area contributed by atoms with Crippen molar-refractivity contribution in [3.8, 4) is 0 Å².